The monoisotopic (exact) mass is 407 g/mol. The van der Waals surface area contributed by atoms with E-state index in [1.807, 2.05) is 30.3 Å². The lowest BCUT2D eigenvalue weighted by Crippen LogP contribution is -2.32. The summed E-state index contributed by atoms with van der Waals surface area (Å²) in [7, 11) is 0. The number of rotatable bonds is 5. The summed E-state index contributed by atoms with van der Waals surface area (Å²) < 4.78 is 0. The van der Waals surface area contributed by atoms with Crippen molar-refractivity contribution in [3.05, 3.63) is 54.6 Å². The third kappa shape index (κ3) is 5.89. The number of hydrogen-bond acceptors (Lipinski definition) is 5. The molecule has 2 aromatic rings. The van der Waals surface area contributed by atoms with E-state index in [4.69, 9.17) is 5.73 Å². The van der Waals surface area contributed by atoms with Gasteiger partial charge in [0.2, 0.25) is 23.7 Å². The summed E-state index contributed by atoms with van der Waals surface area (Å²) >= 11 is 0. The molecule has 1 atom stereocenters. The molecule has 0 spiro atoms. The summed E-state index contributed by atoms with van der Waals surface area (Å²) in [4.78, 5) is 43.5. The van der Waals surface area contributed by atoms with Crippen LogP contribution < -0.4 is 27.0 Å². The first-order chi connectivity index (χ1) is 14.4. The van der Waals surface area contributed by atoms with Crippen LogP contribution in [-0.4, -0.2) is 35.7 Å². The van der Waals surface area contributed by atoms with Crippen molar-refractivity contribution in [1.82, 2.24) is 5.32 Å². The van der Waals surface area contributed by atoms with E-state index in [-0.39, 0.29) is 30.2 Å². The standard InChI is InChI=1S/C20H21N7O3/c1-12(28)22-14-7-9-15(10-8-14)23-17(29)11-16-18(30)26-20(25-16)27-19(21)24-13-5-3-2-4-6-13/h2-10,16H,11H2,1H3,(H,22,28)(H,23,29)(H4,21,24,25,26,27,30)/t16-/m1/s1. The minimum atomic E-state index is -0.896. The maximum absolute atomic E-state index is 12.2. The van der Waals surface area contributed by atoms with Crippen molar-refractivity contribution in [2.75, 3.05) is 16.0 Å². The summed E-state index contributed by atoms with van der Waals surface area (Å²) in [5.41, 5.74) is 7.71. The molecule has 0 radical (unpaired) electrons. The smallest absolute Gasteiger partial charge is 0.252 e. The van der Waals surface area contributed by atoms with E-state index in [9.17, 15) is 14.4 Å². The third-order valence-corrected chi connectivity index (χ3v) is 3.96. The van der Waals surface area contributed by atoms with Crippen molar-refractivity contribution in [3.63, 3.8) is 0 Å². The molecule has 30 heavy (non-hydrogen) atoms. The molecule has 1 aliphatic heterocycles. The first-order valence-corrected chi connectivity index (χ1v) is 9.11. The fraction of sp³-hybridized carbons (Fsp3) is 0.150. The van der Waals surface area contributed by atoms with E-state index in [1.54, 1.807) is 24.3 Å². The number of para-hydroxylation sites is 1. The van der Waals surface area contributed by atoms with Crippen LogP contribution >= 0.6 is 0 Å². The van der Waals surface area contributed by atoms with Gasteiger partial charge in [0.15, 0.2) is 0 Å². The van der Waals surface area contributed by atoms with Crippen molar-refractivity contribution in [2.45, 2.75) is 19.4 Å². The summed E-state index contributed by atoms with van der Waals surface area (Å²) in [6, 6.07) is 14.9. The lowest BCUT2D eigenvalue weighted by Gasteiger charge is -2.08. The van der Waals surface area contributed by atoms with Crippen LogP contribution in [-0.2, 0) is 14.4 Å². The SMILES string of the molecule is CC(=O)Nc1ccc(NC(=O)C[C@H]2N=C(N=C(N)Nc3ccccc3)NC2=O)cc1. The number of carbonyl (C=O) groups excluding carboxylic acids is 3. The second-order valence-electron chi connectivity index (χ2n) is 6.46. The minimum Gasteiger partial charge on any atom is -0.369 e. The predicted molar refractivity (Wildman–Crippen MR) is 115 cm³/mol. The van der Waals surface area contributed by atoms with E-state index in [1.165, 1.54) is 6.92 Å². The number of guanidine groups is 2. The van der Waals surface area contributed by atoms with Gasteiger partial charge in [-0.25, -0.2) is 4.99 Å². The molecule has 0 bridgehead atoms. The van der Waals surface area contributed by atoms with Gasteiger partial charge in [-0.2, -0.15) is 4.99 Å². The molecule has 10 nitrogen and oxygen atoms in total. The molecule has 0 aliphatic carbocycles. The summed E-state index contributed by atoms with van der Waals surface area (Å²) in [6.07, 6.45) is -0.148. The van der Waals surface area contributed by atoms with Gasteiger partial charge >= 0.3 is 0 Å². The molecule has 1 heterocycles. The molecule has 2 aromatic carbocycles. The normalized spacial score (nSPS) is 15.8. The van der Waals surface area contributed by atoms with Crippen molar-refractivity contribution in [3.8, 4) is 0 Å². The van der Waals surface area contributed by atoms with Crippen LogP contribution in [0.15, 0.2) is 64.6 Å². The molecule has 3 amide bonds. The van der Waals surface area contributed by atoms with Crippen LogP contribution in [0.25, 0.3) is 0 Å². The largest absolute Gasteiger partial charge is 0.369 e. The average Bonchev–Trinajstić information content (AvgIpc) is 3.02. The maximum Gasteiger partial charge on any atom is 0.252 e. The summed E-state index contributed by atoms with van der Waals surface area (Å²) in [6.45, 7) is 1.41. The van der Waals surface area contributed by atoms with Gasteiger partial charge in [0.25, 0.3) is 5.91 Å². The van der Waals surface area contributed by atoms with Gasteiger partial charge in [-0.15, -0.1) is 0 Å². The van der Waals surface area contributed by atoms with Gasteiger partial charge < -0.3 is 21.7 Å². The Kier molecular flexibility index (Phi) is 6.38. The highest BCUT2D eigenvalue weighted by molar-refractivity contribution is 6.11. The van der Waals surface area contributed by atoms with Crippen LogP contribution in [0, 0.1) is 0 Å². The predicted octanol–water partition coefficient (Wildman–Crippen LogP) is 1.25. The second-order valence-corrected chi connectivity index (χ2v) is 6.46. The highest BCUT2D eigenvalue weighted by Gasteiger charge is 2.28. The molecule has 3 rings (SSSR count). The average molecular weight is 407 g/mol. The highest BCUT2D eigenvalue weighted by atomic mass is 16.2. The minimum absolute atomic E-state index is 0.0402. The first kappa shape index (κ1) is 20.5. The van der Waals surface area contributed by atoms with Gasteiger partial charge in [0.05, 0.1) is 6.42 Å². The van der Waals surface area contributed by atoms with E-state index in [2.05, 4.69) is 31.3 Å². The number of nitrogens with two attached hydrogens (primary N) is 1. The molecule has 6 N–H and O–H groups in total. The number of nitrogens with one attached hydrogen (secondary N) is 4. The van der Waals surface area contributed by atoms with Crippen molar-refractivity contribution in [1.29, 1.82) is 0 Å². The Balaban J connectivity index is 1.56. The Bertz CT molecular complexity index is 1000. The van der Waals surface area contributed by atoms with E-state index in [0.717, 1.165) is 5.69 Å². The molecule has 0 unspecified atom stereocenters. The molecule has 154 valence electrons. The molecule has 0 saturated carbocycles. The topological polar surface area (TPSA) is 150 Å². The lowest BCUT2D eigenvalue weighted by atomic mass is 10.2. The summed E-state index contributed by atoms with van der Waals surface area (Å²) in [5, 5.41) is 10.7. The highest BCUT2D eigenvalue weighted by Crippen LogP contribution is 2.15. The number of hydrogen-bond donors (Lipinski definition) is 5. The van der Waals surface area contributed by atoms with Gasteiger partial charge in [-0.1, -0.05) is 18.2 Å². The third-order valence-electron chi connectivity index (χ3n) is 3.96. The van der Waals surface area contributed by atoms with Crippen LogP contribution in [0.2, 0.25) is 0 Å². The number of nitrogens with zero attached hydrogens (tertiary/aromatic N) is 2. The summed E-state index contributed by atoms with van der Waals surface area (Å²) in [5.74, 6) is -0.901. The Morgan fingerprint density at radius 3 is 2.23 bits per heavy atom. The van der Waals surface area contributed by atoms with E-state index >= 15 is 0 Å². The molecule has 0 fully saturated rings. The van der Waals surface area contributed by atoms with Crippen LogP contribution in [0.3, 0.4) is 0 Å². The quantitative estimate of drug-likeness (QED) is 0.373. The van der Waals surface area contributed by atoms with Gasteiger partial charge in [0.1, 0.15) is 6.04 Å². The first-order valence-electron chi connectivity index (χ1n) is 9.11. The number of aliphatic imine (C=N–C) groups is 2. The Morgan fingerprint density at radius 2 is 1.60 bits per heavy atom. The van der Waals surface area contributed by atoms with Crippen molar-refractivity contribution < 1.29 is 14.4 Å². The number of anilines is 3. The van der Waals surface area contributed by atoms with Crippen LogP contribution in [0.4, 0.5) is 17.1 Å². The lowest BCUT2D eigenvalue weighted by molar-refractivity contribution is -0.123. The molecular formula is C20H21N7O3. The number of amides is 3. The molecule has 10 heteroatoms. The van der Waals surface area contributed by atoms with Crippen molar-refractivity contribution in [2.24, 2.45) is 15.7 Å². The van der Waals surface area contributed by atoms with E-state index < -0.39 is 11.9 Å². The van der Waals surface area contributed by atoms with Crippen LogP contribution in [0.5, 0.6) is 0 Å². The molecular weight excluding hydrogens is 386 g/mol. The Hall–Kier alpha value is -4.21. The van der Waals surface area contributed by atoms with Gasteiger partial charge in [0, 0.05) is 24.0 Å². The van der Waals surface area contributed by atoms with Crippen molar-refractivity contribution >= 4 is 46.7 Å². The van der Waals surface area contributed by atoms with Crippen LogP contribution in [0.1, 0.15) is 13.3 Å². The molecule has 1 aliphatic rings. The number of benzene rings is 2. The number of carbonyl (C=O) groups is 3. The van der Waals surface area contributed by atoms with Gasteiger partial charge in [-0.05, 0) is 36.4 Å². The molecule has 0 aromatic heterocycles. The fourth-order valence-electron chi connectivity index (χ4n) is 2.67. The fourth-order valence-corrected chi connectivity index (χ4v) is 2.67. The molecule has 0 saturated heterocycles. The Labute approximate surface area is 172 Å². The zero-order valence-electron chi connectivity index (χ0n) is 16.2. The second kappa shape index (κ2) is 9.32. The van der Waals surface area contributed by atoms with Gasteiger partial charge in [-0.3, -0.25) is 19.7 Å². The Morgan fingerprint density at radius 1 is 1.00 bits per heavy atom. The zero-order chi connectivity index (χ0) is 21.5. The maximum atomic E-state index is 12.2. The zero-order valence-corrected chi connectivity index (χ0v) is 16.2. The van der Waals surface area contributed by atoms with E-state index in [0.29, 0.717) is 11.4 Å².